The molecule has 17 heavy (non-hydrogen) atoms. The molecule has 1 aromatic heterocycles. The van der Waals surface area contributed by atoms with Crippen molar-refractivity contribution in [3.05, 3.63) is 16.4 Å². The number of aryl methyl sites for hydroxylation is 1. The van der Waals surface area contributed by atoms with E-state index in [4.69, 9.17) is 0 Å². The van der Waals surface area contributed by atoms with Gasteiger partial charge in [0.1, 0.15) is 0 Å². The molecule has 7 heteroatoms. The van der Waals surface area contributed by atoms with Gasteiger partial charge >= 0.3 is 5.82 Å². The maximum Gasteiger partial charge on any atom is 0.406 e. The van der Waals surface area contributed by atoms with E-state index in [9.17, 15) is 15.2 Å². The van der Waals surface area contributed by atoms with Gasteiger partial charge in [-0.25, -0.2) is 0 Å². The van der Waals surface area contributed by atoms with E-state index in [0.29, 0.717) is 18.9 Å². The molecule has 0 aliphatic carbocycles. The van der Waals surface area contributed by atoms with Crippen molar-refractivity contribution in [1.82, 2.24) is 9.55 Å². The third-order valence-electron chi connectivity index (χ3n) is 3.03. The van der Waals surface area contributed by atoms with Gasteiger partial charge in [-0.2, -0.15) is 0 Å². The van der Waals surface area contributed by atoms with Crippen molar-refractivity contribution in [1.29, 1.82) is 0 Å². The Morgan fingerprint density at radius 2 is 2.35 bits per heavy atom. The van der Waals surface area contributed by atoms with Crippen LogP contribution in [0.3, 0.4) is 0 Å². The summed E-state index contributed by atoms with van der Waals surface area (Å²) in [5, 5.41) is 20.9. The van der Waals surface area contributed by atoms with Crippen LogP contribution in [0.5, 0.6) is 0 Å². The molecule has 1 aliphatic heterocycles. The van der Waals surface area contributed by atoms with Gasteiger partial charge in [0.25, 0.3) is 0 Å². The minimum Gasteiger partial charge on any atom is -0.388 e. The first-order valence-electron chi connectivity index (χ1n) is 5.54. The number of piperidine rings is 1. The summed E-state index contributed by atoms with van der Waals surface area (Å²) < 4.78 is 1.62. The van der Waals surface area contributed by atoms with Crippen LogP contribution in [0.4, 0.5) is 11.6 Å². The number of nitrogens with zero attached hydrogens (tertiary/aromatic N) is 4. The average Bonchev–Trinajstić information content (AvgIpc) is 2.58. The summed E-state index contributed by atoms with van der Waals surface area (Å²) in [7, 11) is 1.72. The molecule has 1 aliphatic rings. The van der Waals surface area contributed by atoms with E-state index in [1.807, 2.05) is 4.90 Å². The Hall–Kier alpha value is -1.63. The Labute approximate surface area is 98.8 Å². The summed E-state index contributed by atoms with van der Waals surface area (Å²) in [4.78, 5) is 16.0. The lowest BCUT2D eigenvalue weighted by atomic mass is 9.95. The van der Waals surface area contributed by atoms with Gasteiger partial charge < -0.3 is 20.1 Å². The highest BCUT2D eigenvalue weighted by Crippen LogP contribution is 2.31. The summed E-state index contributed by atoms with van der Waals surface area (Å²) in [5.74, 6) is 0.320. The minimum atomic E-state index is -0.795. The van der Waals surface area contributed by atoms with Gasteiger partial charge in [-0.15, -0.1) is 0 Å². The summed E-state index contributed by atoms with van der Waals surface area (Å²) in [6, 6.07) is 0. The van der Waals surface area contributed by atoms with Crippen molar-refractivity contribution in [2.24, 2.45) is 7.05 Å². The highest BCUT2D eigenvalue weighted by Gasteiger charge is 2.34. The number of anilines is 1. The van der Waals surface area contributed by atoms with E-state index < -0.39 is 10.5 Å². The van der Waals surface area contributed by atoms with Gasteiger partial charge in [-0.3, -0.25) is 4.57 Å². The topological polar surface area (TPSA) is 84.4 Å². The molecular weight excluding hydrogens is 224 g/mol. The number of hydrogen-bond acceptors (Lipinski definition) is 5. The Kier molecular flexibility index (Phi) is 2.78. The number of β-amino-alcohol motifs (C(OH)–C–C–N with tert-alkyl or cyclic N) is 1. The van der Waals surface area contributed by atoms with Crippen molar-refractivity contribution in [2.75, 3.05) is 18.0 Å². The summed E-state index contributed by atoms with van der Waals surface area (Å²) >= 11 is 0. The Morgan fingerprint density at radius 3 is 2.94 bits per heavy atom. The first-order chi connectivity index (χ1) is 7.91. The molecule has 0 spiro atoms. The lowest BCUT2D eigenvalue weighted by molar-refractivity contribution is -0.388. The summed E-state index contributed by atoms with van der Waals surface area (Å²) in [6.07, 6.45) is 2.96. The molecule has 0 saturated carbocycles. The van der Waals surface area contributed by atoms with Crippen LogP contribution in [-0.4, -0.2) is 38.3 Å². The van der Waals surface area contributed by atoms with Crippen LogP contribution < -0.4 is 4.90 Å². The molecule has 0 radical (unpaired) electrons. The minimum absolute atomic E-state index is 0.148. The Morgan fingerprint density at radius 1 is 1.65 bits per heavy atom. The van der Waals surface area contributed by atoms with Crippen molar-refractivity contribution in [2.45, 2.75) is 25.4 Å². The fourth-order valence-electron chi connectivity index (χ4n) is 2.31. The van der Waals surface area contributed by atoms with Crippen LogP contribution in [0.2, 0.25) is 0 Å². The van der Waals surface area contributed by atoms with Gasteiger partial charge in [0, 0.05) is 20.1 Å². The smallest absolute Gasteiger partial charge is 0.388 e. The monoisotopic (exact) mass is 240 g/mol. The van der Waals surface area contributed by atoms with Gasteiger partial charge in [0.2, 0.25) is 12.1 Å². The van der Waals surface area contributed by atoms with Gasteiger partial charge in [-0.1, -0.05) is 0 Å². The first kappa shape index (κ1) is 11.8. The third kappa shape index (κ3) is 2.23. The molecule has 1 aromatic rings. The molecule has 0 aromatic carbocycles. The molecule has 0 bridgehead atoms. The van der Waals surface area contributed by atoms with E-state index in [-0.39, 0.29) is 5.82 Å². The molecule has 1 unspecified atom stereocenters. The summed E-state index contributed by atoms with van der Waals surface area (Å²) in [5.41, 5.74) is -0.795. The van der Waals surface area contributed by atoms with Gasteiger partial charge in [0.15, 0.2) is 0 Å². The van der Waals surface area contributed by atoms with Crippen molar-refractivity contribution >= 4 is 11.6 Å². The lowest BCUT2D eigenvalue weighted by Crippen LogP contribution is -2.46. The third-order valence-corrected chi connectivity index (χ3v) is 3.03. The zero-order chi connectivity index (χ0) is 12.6. The molecule has 1 N–H and O–H groups in total. The van der Waals surface area contributed by atoms with Crippen LogP contribution in [0.1, 0.15) is 19.8 Å². The molecule has 1 atom stereocenters. The maximum atomic E-state index is 10.9. The van der Waals surface area contributed by atoms with Crippen molar-refractivity contribution < 1.29 is 10.0 Å². The van der Waals surface area contributed by atoms with Gasteiger partial charge in [-0.05, 0) is 29.7 Å². The molecule has 0 amide bonds. The van der Waals surface area contributed by atoms with Crippen LogP contribution in [-0.2, 0) is 7.05 Å². The average molecular weight is 240 g/mol. The van der Waals surface area contributed by atoms with Crippen molar-refractivity contribution in [3.63, 3.8) is 0 Å². The van der Waals surface area contributed by atoms with E-state index in [2.05, 4.69) is 4.98 Å². The predicted molar refractivity (Wildman–Crippen MR) is 61.9 cm³/mol. The molecule has 1 fully saturated rings. The second-order valence-electron chi connectivity index (χ2n) is 4.78. The standard InChI is InChI=1S/C10H16N4O3/c1-10(15)4-3-5-13(6-10)9-8(14(16)17)11-7-12(9)2/h7,15H,3-6H2,1-2H3. The fraction of sp³-hybridized carbons (Fsp3) is 0.700. The number of aromatic nitrogens is 2. The zero-order valence-corrected chi connectivity index (χ0v) is 9.96. The lowest BCUT2D eigenvalue weighted by Gasteiger charge is -2.37. The molecule has 2 rings (SSSR count). The molecule has 7 nitrogen and oxygen atoms in total. The highest BCUT2D eigenvalue weighted by molar-refractivity contribution is 5.55. The van der Waals surface area contributed by atoms with E-state index in [1.54, 1.807) is 18.5 Å². The largest absolute Gasteiger partial charge is 0.406 e. The van der Waals surface area contributed by atoms with E-state index >= 15 is 0 Å². The number of aliphatic hydroxyl groups is 1. The predicted octanol–water partition coefficient (Wildman–Crippen LogP) is 0.679. The fourth-order valence-corrected chi connectivity index (χ4v) is 2.31. The SMILES string of the molecule is Cn1cnc([N+](=O)[O-])c1N1CCCC(C)(O)C1. The highest BCUT2D eigenvalue weighted by atomic mass is 16.6. The van der Waals surface area contributed by atoms with Crippen LogP contribution in [0.25, 0.3) is 0 Å². The normalized spacial score (nSPS) is 25.0. The maximum absolute atomic E-state index is 10.9. The number of imidazole rings is 1. The van der Waals surface area contributed by atoms with Crippen LogP contribution >= 0.6 is 0 Å². The molecular formula is C10H16N4O3. The van der Waals surface area contributed by atoms with Crippen molar-refractivity contribution in [3.8, 4) is 0 Å². The molecule has 1 saturated heterocycles. The molecule has 94 valence electrons. The van der Waals surface area contributed by atoms with E-state index in [1.165, 1.54) is 6.33 Å². The Bertz CT molecular complexity index is 441. The number of hydrogen-bond donors (Lipinski definition) is 1. The Balaban J connectivity index is 2.33. The van der Waals surface area contributed by atoms with Crippen LogP contribution in [0.15, 0.2) is 6.33 Å². The van der Waals surface area contributed by atoms with Gasteiger partial charge in [0.05, 0.1) is 5.60 Å². The van der Waals surface area contributed by atoms with Crippen LogP contribution in [0, 0.1) is 10.1 Å². The number of nitro groups is 1. The molecule has 2 heterocycles. The quantitative estimate of drug-likeness (QED) is 0.607. The summed E-state index contributed by atoms with van der Waals surface area (Å²) in [6.45, 7) is 2.85. The second kappa shape index (κ2) is 3.99. The number of rotatable bonds is 2. The zero-order valence-electron chi connectivity index (χ0n) is 9.96. The first-order valence-corrected chi connectivity index (χ1v) is 5.54. The van der Waals surface area contributed by atoms with E-state index in [0.717, 1.165) is 12.8 Å². The second-order valence-corrected chi connectivity index (χ2v) is 4.78.